The third-order valence-electron chi connectivity index (χ3n) is 5.52. The number of fused-ring (bicyclic) bond motifs is 2. The summed E-state index contributed by atoms with van der Waals surface area (Å²) in [4.78, 5) is 27.4. The Morgan fingerprint density at radius 2 is 1.95 bits per heavy atom. The summed E-state index contributed by atoms with van der Waals surface area (Å²) in [7, 11) is 0. The van der Waals surface area contributed by atoms with Gasteiger partial charge in [0.1, 0.15) is 0 Å². The maximum absolute atomic E-state index is 12.9. The molecule has 0 spiro atoms. The van der Waals surface area contributed by atoms with Gasteiger partial charge in [-0.15, -0.1) is 0 Å². The van der Waals surface area contributed by atoms with Crippen molar-refractivity contribution in [3.8, 4) is 0 Å². The van der Waals surface area contributed by atoms with Gasteiger partial charge in [0.05, 0.1) is 17.5 Å². The lowest BCUT2D eigenvalue weighted by molar-refractivity contribution is -0.144. The standard InChI is InChI=1S/C14H23N3O3/c1-2-14(4-3-9(15)6-14)12(18)16-7-11-5-10(16)8-17(11)13(19)20/h9-11H,2-8,15H2,1H3,(H,19,20)/t9-,10+,11+,14+/m1/s1. The van der Waals surface area contributed by atoms with E-state index in [0.717, 1.165) is 32.1 Å². The predicted octanol–water partition coefficient (Wildman–Crippen LogP) is 0.857. The molecular weight excluding hydrogens is 258 g/mol. The molecule has 2 heterocycles. The summed E-state index contributed by atoms with van der Waals surface area (Å²) in [6.07, 6.45) is 3.33. The number of piperazine rings is 1. The SMILES string of the molecule is CC[C@]1(C(=O)N2C[C@@H]3C[C@H]2CN3C(=O)O)CC[C@@H](N)C1. The van der Waals surface area contributed by atoms with Crippen LogP contribution in [-0.2, 0) is 4.79 Å². The number of carbonyl (C=O) groups excluding carboxylic acids is 1. The second-order valence-corrected chi connectivity index (χ2v) is 6.57. The fourth-order valence-electron chi connectivity index (χ4n) is 4.29. The highest BCUT2D eigenvalue weighted by atomic mass is 16.4. The summed E-state index contributed by atoms with van der Waals surface area (Å²) in [6.45, 7) is 3.10. The average Bonchev–Trinajstić information content (AvgIpc) is 3.10. The molecule has 6 nitrogen and oxygen atoms in total. The van der Waals surface area contributed by atoms with E-state index < -0.39 is 6.09 Å². The molecule has 20 heavy (non-hydrogen) atoms. The zero-order chi connectivity index (χ0) is 14.5. The van der Waals surface area contributed by atoms with Crippen LogP contribution in [0.15, 0.2) is 0 Å². The van der Waals surface area contributed by atoms with E-state index in [0.29, 0.717) is 13.1 Å². The molecule has 1 aliphatic carbocycles. The van der Waals surface area contributed by atoms with Gasteiger partial charge in [0.25, 0.3) is 0 Å². The number of hydrogen-bond donors (Lipinski definition) is 2. The number of carboxylic acid groups (broad SMARTS) is 1. The van der Waals surface area contributed by atoms with Gasteiger partial charge in [-0.3, -0.25) is 4.79 Å². The maximum Gasteiger partial charge on any atom is 0.407 e. The highest BCUT2D eigenvalue weighted by Crippen LogP contribution is 2.44. The minimum atomic E-state index is -0.863. The number of amides is 2. The molecule has 3 aliphatic rings. The monoisotopic (exact) mass is 281 g/mol. The average molecular weight is 281 g/mol. The fraction of sp³-hybridized carbons (Fsp3) is 0.857. The van der Waals surface area contributed by atoms with Crippen LogP contribution in [0.5, 0.6) is 0 Å². The van der Waals surface area contributed by atoms with Crippen molar-refractivity contribution in [3.63, 3.8) is 0 Å². The first-order valence-electron chi connectivity index (χ1n) is 7.53. The third-order valence-corrected chi connectivity index (χ3v) is 5.52. The van der Waals surface area contributed by atoms with Crippen LogP contribution in [0.1, 0.15) is 39.0 Å². The largest absolute Gasteiger partial charge is 0.465 e. The molecule has 112 valence electrons. The van der Waals surface area contributed by atoms with Gasteiger partial charge < -0.3 is 20.6 Å². The van der Waals surface area contributed by atoms with E-state index in [1.807, 2.05) is 4.90 Å². The number of nitrogens with zero attached hydrogens (tertiary/aromatic N) is 2. The van der Waals surface area contributed by atoms with Crippen molar-refractivity contribution < 1.29 is 14.7 Å². The summed E-state index contributed by atoms with van der Waals surface area (Å²) in [5.41, 5.74) is 5.71. The minimum Gasteiger partial charge on any atom is -0.465 e. The lowest BCUT2D eigenvalue weighted by atomic mass is 9.81. The number of likely N-dealkylation sites (tertiary alicyclic amines) is 2. The molecule has 1 saturated carbocycles. The van der Waals surface area contributed by atoms with E-state index in [4.69, 9.17) is 10.8 Å². The van der Waals surface area contributed by atoms with Crippen LogP contribution >= 0.6 is 0 Å². The molecule has 3 N–H and O–H groups in total. The number of carbonyl (C=O) groups is 2. The zero-order valence-corrected chi connectivity index (χ0v) is 11.9. The molecule has 0 aromatic heterocycles. The highest BCUT2D eigenvalue weighted by Gasteiger charge is 2.52. The molecule has 3 rings (SSSR count). The normalized spacial score (nSPS) is 39.6. The van der Waals surface area contributed by atoms with Crippen molar-refractivity contribution in [1.82, 2.24) is 9.80 Å². The predicted molar refractivity (Wildman–Crippen MR) is 73.2 cm³/mol. The van der Waals surface area contributed by atoms with Gasteiger partial charge in [-0.2, -0.15) is 0 Å². The van der Waals surface area contributed by atoms with Gasteiger partial charge in [-0.1, -0.05) is 6.92 Å². The Morgan fingerprint density at radius 3 is 2.40 bits per heavy atom. The van der Waals surface area contributed by atoms with Gasteiger partial charge in [-0.25, -0.2) is 4.79 Å². The minimum absolute atomic E-state index is 0.00886. The second kappa shape index (κ2) is 4.62. The maximum atomic E-state index is 12.9. The highest BCUT2D eigenvalue weighted by molar-refractivity contribution is 5.84. The van der Waals surface area contributed by atoms with Gasteiger partial charge in [0.2, 0.25) is 5.91 Å². The first kappa shape index (κ1) is 13.7. The molecular formula is C14H23N3O3. The number of hydrogen-bond acceptors (Lipinski definition) is 3. The van der Waals surface area contributed by atoms with Crippen LogP contribution in [0.4, 0.5) is 4.79 Å². The molecule has 2 saturated heterocycles. The first-order valence-corrected chi connectivity index (χ1v) is 7.53. The molecule has 2 aliphatic heterocycles. The van der Waals surface area contributed by atoms with Crippen molar-refractivity contribution >= 4 is 12.0 Å². The molecule has 4 atom stereocenters. The van der Waals surface area contributed by atoms with Crippen molar-refractivity contribution in [2.24, 2.45) is 11.1 Å². The Balaban J connectivity index is 1.73. The van der Waals surface area contributed by atoms with E-state index in [-0.39, 0.29) is 29.4 Å². The van der Waals surface area contributed by atoms with Crippen molar-refractivity contribution in [2.45, 2.75) is 57.2 Å². The molecule has 0 radical (unpaired) electrons. The van der Waals surface area contributed by atoms with Crippen LogP contribution < -0.4 is 5.73 Å². The van der Waals surface area contributed by atoms with E-state index >= 15 is 0 Å². The number of nitrogens with two attached hydrogens (primary N) is 1. The van der Waals surface area contributed by atoms with Crippen LogP contribution in [0.2, 0.25) is 0 Å². The third kappa shape index (κ3) is 1.89. The van der Waals surface area contributed by atoms with E-state index in [1.54, 1.807) is 0 Å². The Kier molecular flexibility index (Phi) is 3.16. The Labute approximate surface area is 118 Å². The Morgan fingerprint density at radius 1 is 1.30 bits per heavy atom. The van der Waals surface area contributed by atoms with Crippen LogP contribution in [-0.4, -0.2) is 58.1 Å². The van der Waals surface area contributed by atoms with E-state index in [2.05, 4.69) is 6.92 Å². The molecule has 6 heteroatoms. The van der Waals surface area contributed by atoms with Crippen LogP contribution in [0, 0.1) is 5.41 Å². The van der Waals surface area contributed by atoms with Gasteiger partial charge in [-0.05, 0) is 32.1 Å². The van der Waals surface area contributed by atoms with E-state index in [1.165, 1.54) is 4.90 Å². The summed E-state index contributed by atoms with van der Waals surface area (Å²) in [6, 6.07) is 0.198. The van der Waals surface area contributed by atoms with Crippen molar-refractivity contribution in [3.05, 3.63) is 0 Å². The van der Waals surface area contributed by atoms with Crippen molar-refractivity contribution in [2.75, 3.05) is 13.1 Å². The molecule has 0 aromatic carbocycles. The quantitative estimate of drug-likeness (QED) is 0.786. The summed E-state index contributed by atoms with van der Waals surface area (Å²) >= 11 is 0. The Bertz CT molecular complexity index is 441. The zero-order valence-electron chi connectivity index (χ0n) is 11.9. The van der Waals surface area contributed by atoms with Gasteiger partial charge in [0.15, 0.2) is 0 Å². The summed E-state index contributed by atoms with van der Waals surface area (Å²) < 4.78 is 0. The lowest BCUT2D eigenvalue weighted by Crippen LogP contribution is -2.54. The fourth-order valence-corrected chi connectivity index (χ4v) is 4.29. The molecule has 0 unspecified atom stereocenters. The molecule has 2 bridgehead atoms. The van der Waals surface area contributed by atoms with Crippen LogP contribution in [0.25, 0.3) is 0 Å². The summed E-state index contributed by atoms with van der Waals surface area (Å²) in [5, 5.41) is 9.11. The van der Waals surface area contributed by atoms with Gasteiger partial charge in [0, 0.05) is 19.1 Å². The molecule has 0 aromatic rings. The lowest BCUT2D eigenvalue weighted by Gasteiger charge is -2.38. The smallest absolute Gasteiger partial charge is 0.407 e. The molecule has 3 fully saturated rings. The van der Waals surface area contributed by atoms with Crippen molar-refractivity contribution in [1.29, 1.82) is 0 Å². The van der Waals surface area contributed by atoms with Crippen LogP contribution in [0.3, 0.4) is 0 Å². The number of rotatable bonds is 2. The first-order chi connectivity index (χ1) is 9.47. The van der Waals surface area contributed by atoms with E-state index in [9.17, 15) is 9.59 Å². The van der Waals surface area contributed by atoms with Gasteiger partial charge >= 0.3 is 6.09 Å². The molecule has 2 amide bonds. The Hall–Kier alpha value is -1.30. The summed E-state index contributed by atoms with van der Waals surface area (Å²) in [5.74, 6) is 0.213. The second-order valence-electron chi connectivity index (χ2n) is 6.57. The topological polar surface area (TPSA) is 86.9 Å².